The first-order valence-corrected chi connectivity index (χ1v) is 5.13. The van der Waals surface area contributed by atoms with Crippen LogP contribution in [-0.4, -0.2) is 21.5 Å². The van der Waals surface area contributed by atoms with Crippen LogP contribution in [0.4, 0.5) is 0 Å². The second-order valence-electron chi connectivity index (χ2n) is 3.71. The third kappa shape index (κ3) is 3.71. The highest BCUT2D eigenvalue weighted by atomic mass is 16.1. The number of nitrogens with two attached hydrogens (primary N) is 1. The highest BCUT2D eigenvalue weighted by Crippen LogP contribution is 1.98. The first-order chi connectivity index (χ1) is 7.13. The molecule has 1 rings (SSSR count). The van der Waals surface area contributed by atoms with Crippen molar-refractivity contribution < 1.29 is 4.79 Å². The van der Waals surface area contributed by atoms with Crippen LogP contribution in [0.3, 0.4) is 0 Å². The van der Waals surface area contributed by atoms with Crippen molar-refractivity contribution in [3.05, 3.63) is 18.2 Å². The number of nitrogens with zero attached hydrogens (tertiary/aromatic N) is 2. The molecule has 1 aromatic rings. The van der Waals surface area contributed by atoms with E-state index < -0.39 is 0 Å². The third-order valence-electron chi connectivity index (χ3n) is 2.01. The summed E-state index contributed by atoms with van der Waals surface area (Å²) >= 11 is 0. The molecule has 5 heteroatoms. The van der Waals surface area contributed by atoms with Crippen molar-refractivity contribution in [2.24, 2.45) is 5.73 Å². The quantitative estimate of drug-likeness (QED) is 0.732. The fourth-order valence-corrected chi connectivity index (χ4v) is 1.35. The number of imidazole rings is 1. The van der Waals surface area contributed by atoms with Crippen molar-refractivity contribution in [3.63, 3.8) is 0 Å². The zero-order valence-electron chi connectivity index (χ0n) is 9.23. The molecule has 15 heavy (non-hydrogen) atoms. The van der Waals surface area contributed by atoms with E-state index in [1.807, 2.05) is 24.6 Å². The molecule has 1 amide bonds. The van der Waals surface area contributed by atoms with Crippen LogP contribution in [0, 0.1) is 0 Å². The van der Waals surface area contributed by atoms with Gasteiger partial charge in [0.2, 0.25) is 5.91 Å². The summed E-state index contributed by atoms with van der Waals surface area (Å²) in [5, 5.41) is 2.84. The first kappa shape index (κ1) is 11.7. The van der Waals surface area contributed by atoms with E-state index in [1.165, 1.54) is 0 Å². The van der Waals surface area contributed by atoms with Crippen LogP contribution in [0.2, 0.25) is 0 Å². The molecule has 0 radical (unpaired) electrons. The molecule has 0 fully saturated rings. The minimum atomic E-state index is 0.0571. The summed E-state index contributed by atoms with van der Waals surface area (Å²) in [6, 6.07) is 0.189. The predicted molar refractivity (Wildman–Crippen MR) is 58.0 cm³/mol. The SMILES string of the molecule is CC(C)NC(=O)CCn1ccnc1CN. The maximum atomic E-state index is 11.4. The van der Waals surface area contributed by atoms with Gasteiger partial charge in [0, 0.05) is 31.4 Å². The Labute approximate surface area is 89.7 Å². The summed E-state index contributed by atoms with van der Waals surface area (Å²) < 4.78 is 1.90. The summed E-state index contributed by atoms with van der Waals surface area (Å²) in [4.78, 5) is 15.5. The smallest absolute Gasteiger partial charge is 0.221 e. The number of hydrogen-bond acceptors (Lipinski definition) is 3. The lowest BCUT2D eigenvalue weighted by Crippen LogP contribution is -2.30. The molecule has 0 atom stereocenters. The van der Waals surface area contributed by atoms with Crippen LogP contribution in [0.1, 0.15) is 26.1 Å². The van der Waals surface area contributed by atoms with Crippen LogP contribution >= 0.6 is 0 Å². The van der Waals surface area contributed by atoms with Gasteiger partial charge < -0.3 is 15.6 Å². The van der Waals surface area contributed by atoms with Gasteiger partial charge in [-0.2, -0.15) is 0 Å². The van der Waals surface area contributed by atoms with Gasteiger partial charge in [0.25, 0.3) is 0 Å². The maximum absolute atomic E-state index is 11.4. The summed E-state index contributed by atoms with van der Waals surface area (Å²) in [5.74, 6) is 0.869. The third-order valence-corrected chi connectivity index (χ3v) is 2.01. The van der Waals surface area contributed by atoms with E-state index in [-0.39, 0.29) is 11.9 Å². The Morgan fingerprint density at radius 2 is 2.40 bits per heavy atom. The molecule has 0 aliphatic carbocycles. The summed E-state index contributed by atoms with van der Waals surface area (Å²) in [6.45, 7) is 4.92. The minimum absolute atomic E-state index is 0.0571. The van der Waals surface area contributed by atoms with Crippen LogP contribution < -0.4 is 11.1 Å². The normalized spacial score (nSPS) is 10.7. The van der Waals surface area contributed by atoms with Crippen LogP contribution in [0.25, 0.3) is 0 Å². The van der Waals surface area contributed by atoms with Gasteiger partial charge in [-0.15, -0.1) is 0 Å². The zero-order chi connectivity index (χ0) is 11.3. The monoisotopic (exact) mass is 210 g/mol. The maximum Gasteiger partial charge on any atom is 0.221 e. The van der Waals surface area contributed by atoms with Gasteiger partial charge in [-0.1, -0.05) is 0 Å². The highest BCUT2D eigenvalue weighted by Gasteiger charge is 2.05. The second-order valence-corrected chi connectivity index (χ2v) is 3.71. The molecule has 3 N–H and O–H groups in total. The predicted octanol–water partition coefficient (Wildman–Crippen LogP) is 0.256. The van der Waals surface area contributed by atoms with Crippen LogP contribution in [-0.2, 0) is 17.9 Å². The second kappa shape index (κ2) is 5.50. The fourth-order valence-electron chi connectivity index (χ4n) is 1.35. The number of hydrogen-bond donors (Lipinski definition) is 2. The highest BCUT2D eigenvalue weighted by molar-refractivity contribution is 5.76. The first-order valence-electron chi connectivity index (χ1n) is 5.13. The summed E-state index contributed by atoms with van der Waals surface area (Å²) in [6.07, 6.45) is 3.99. The molecule has 0 aliphatic heterocycles. The topological polar surface area (TPSA) is 72.9 Å². The van der Waals surface area contributed by atoms with Gasteiger partial charge in [0.1, 0.15) is 5.82 Å². The van der Waals surface area contributed by atoms with Gasteiger partial charge >= 0.3 is 0 Å². The number of carbonyl (C=O) groups is 1. The molecule has 0 spiro atoms. The van der Waals surface area contributed by atoms with Crippen molar-refractivity contribution in [1.82, 2.24) is 14.9 Å². The molecular formula is C10H18N4O. The molecule has 1 aromatic heterocycles. The van der Waals surface area contributed by atoms with Gasteiger partial charge in [-0.3, -0.25) is 4.79 Å². The van der Waals surface area contributed by atoms with Crippen molar-refractivity contribution in [2.45, 2.75) is 39.4 Å². The lowest BCUT2D eigenvalue weighted by molar-refractivity contribution is -0.121. The number of carbonyl (C=O) groups excluding carboxylic acids is 1. The molecule has 0 unspecified atom stereocenters. The van der Waals surface area contributed by atoms with Gasteiger partial charge in [0.05, 0.1) is 6.54 Å². The number of aryl methyl sites for hydroxylation is 1. The molecule has 0 saturated carbocycles. The standard InChI is InChI=1S/C10H18N4O/c1-8(2)13-10(15)3-5-14-6-4-12-9(14)7-11/h4,6,8H,3,5,7,11H2,1-2H3,(H,13,15). The van der Waals surface area contributed by atoms with E-state index >= 15 is 0 Å². The molecule has 5 nitrogen and oxygen atoms in total. The van der Waals surface area contributed by atoms with Crippen molar-refractivity contribution in [3.8, 4) is 0 Å². The average Bonchev–Trinajstić information content (AvgIpc) is 2.60. The Kier molecular flexibility index (Phi) is 4.30. The minimum Gasteiger partial charge on any atom is -0.354 e. The van der Waals surface area contributed by atoms with Crippen molar-refractivity contribution in [1.29, 1.82) is 0 Å². The molecule has 0 bridgehead atoms. The van der Waals surface area contributed by atoms with Crippen LogP contribution in [0.15, 0.2) is 12.4 Å². The number of aromatic nitrogens is 2. The van der Waals surface area contributed by atoms with Gasteiger partial charge in [-0.05, 0) is 13.8 Å². The van der Waals surface area contributed by atoms with E-state index in [0.717, 1.165) is 5.82 Å². The Morgan fingerprint density at radius 3 is 3.00 bits per heavy atom. The zero-order valence-corrected chi connectivity index (χ0v) is 9.23. The molecule has 84 valence electrons. The van der Waals surface area contributed by atoms with Crippen LogP contribution in [0.5, 0.6) is 0 Å². The average molecular weight is 210 g/mol. The summed E-state index contributed by atoms with van der Waals surface area (Å²) in [5.41, 5.74) is 5.50. The molecular weight excluding hydrogens is 192 g/mol. The lowest BCUT2D eigenvalue weighted by atomic mass is 10.3. The van der Waals surface area contributed by atoms with Gasteiger partial charge in [0.15, 0.2) is 0 Å². The lowest BCUT2D eigenvalue weighted by Gasteiger charge is -2.09. The number of nitrogens with one attached hydrogen (secondary N) is 1. The van der Waals surface area contributed by atoms with E-state index in [2.05, 4.69) is 10.3 Å². The number of amides is 1. The molecule has 0 aliphatic rings. The molecule has 0 saturated heterocycles. The Hall–Kier alpha value is -1.36. The van der Waals surface area contributed by atoms with Crippen molar-refractivity contribution >= 4 is 5.91 Å². The van der Waals surface area contributed by atoms with E-state index in [0.29, 0.717) is 19.5 Å². The Bertz CT molecular complexity index is 319. The number of rotatable bonds is 5. The summed E-state index contributed by atoms with van der Waals surface area (Å²) in [7, 11) is 0. The Balaban J connectivity index is 2.40. The largest absolute Gasteiger partial charge is 0.354 e. The molecule has 1 heterocycles. The van der Waals surface area contributed by atoms with Crippen molar-refractivity contribution in [2.75, 3.05) is 0 Å². The van der Waals surface area contributed by atoms with E-state index in [4.69, 9.17) is 5.73 Å². The van der Waals surface area contributed by atoms with Gasteiger partial charge in [-0.25, -0.2) is 4.98 Å². The Morgan fingerprint density at radius 1 is 1.67 bits per heavy atom. The van der Waals surface area contributed by atoms with E-state index in [9.17, 15) is 4.79 Å². The molecule has 0 aromatic carbocycles. The van der Waals surface area contributed by atoms with E-state index in [1.54, 1.807) is 6.20 Å². The fraction of sp³-hybridized carbons (Fsp3) is 0.600.